The molecule has 0 atom stereocenters. The van der Waals surface area contributed by atoms with E-state index >= 15 is 0 Å². The summed E-state index contributed by atoms with van der Waals surface area (Å²) in [5.74, 6) is -2.77. The first kappa shape index (κ1) is 13.0. The van der Waals surface area contributed by atoms with Crippen LogP contribution in [0.25, 0.3) is 22.4 Å². The van der Waals surface area contributed by atoms with Crippen LogP contribution in [0.1, 0.15) is 10.5 Å². The molecule has 0 aliphatic heterocycles. The van der Waals surface area contributed by atoms with Gasteiger partial charge in [0.05, 0.1) is 6.20 Å². The summed E-state index contributed by atoms with van der Waals surface area (Å²) in [4.78, 5) is 26.3. The van der Waals surface area contributed by atoms with Crippen LogP contribution in [-0.2, 0) is 0 Å². The van der Waals surface area contributed by atoms with E-state index in [-0.39, 0.29) is 28.1 Å². The van der Waals surface area contributed by atoms with Crippen LogP contribution in [0.5, 0.6) is 0 Å². The number of aromatic nitrogens is 4. The van der Waals surface area contributed by atoms with E-state index in [1.807, 2.05) is 0 Å². The fourth-order valence-corrected chi connectivity index (χ4v) is 1.82. The highest BCUT2D eigenvalue weighted by Crippen LogP contribution is 2.25. The van der Waals surface area contributed by atoms with Gasteiger partial charge in [0, 0.05) is 11.6 Å². The zero-order valence-corrected chi connectivity index (χ0v) is 10.3. The van der Waals surface area contributed by atoms with Gasteiger partial charge in [0.25, 0.3) is 0 Å². The number of nitrogens with zero attached hydrogens (tertiary/aromatic N) is 4. The van der Waals surface area contributed by atoms with Crippen molar-refractivity contribution in [1.29, 1.82) is 0 Å². The molecule has 8 heteroatoms. The number of benzene rings is 1. The predicted molar refractivity (Wildman–Crippen MR) is 67.4 cm³/mol. The lowest BCUT2D eigenvalue weighted by Gasteiger charge is -2.05. The van der Waals surface area contributed by atoms with Gasteiger partial charge in [0.15, 0.2) is 11.3 Å². The first-order chi connectivity index (χ1) is 10.1. The van der Waals surface area contributed by atoms with Gasteiger partial charge >= 0.3 is 5.97 Å². The molecular formula is C13H6F2N4O2. The Hall–Kier alpha value is -3.03. The number of carbonyl (C=O) groups is 1. The highest BCUT2D eigenvalue weighted by molar-refractivity contribution is 5.90. The van der Waals surface area contributed by atoms with Gasteiger partial charge in [-0.05, 0) is 12.1 Å². The van der Waals surface area contributed by atoms with Gasteiger partial charge in [-0.25, -0.2) is 33.5 Å². The number of carboxylic acids is 1. The van der Waals surface area contributed by atoms with Crippen molar-refractivity contribution in [3.63, 3.8) is 0 Å². The van der Waals surface area contributed by atoms with Gasteiger partial charge < -0.3 is 5.11 Å². The normalized spacial score (nSPS) is 10.8. The van der Waals surface area contributed by atoms with Crippen molar-refractivity contribution < 1.29 is 18.7 Å². The summed E-state index contributed by atoms with van der Waals surface area (Å²) in [6, 6.07) is 3.03. The van der Waals surface area contributed by atoms with Crippen molar-refractivity contribution in [1.82, 2.24) is 19.9 Å². The maximum absolute atomic E-state index is 13.8. The van der Waals surface area contributed by atoms with E-state index in [0.29, 0.717) is 0 Å². The highest BCUT2D eigenvalue weighted by Gasteiger charge is 2.15. The van der Waals surface area contributed by atoms with Gasteiger partial charge in [0.2, 0.25) is 0 Å². The van der Waals surface area contributed by atoms with Crippen molar-refractivity contribution in [3.8, 4) is 11.3 Å². The van der Waals surface area contributed by atoms with Crippen molar-refractivity contribution in [2.75, 3.05) is 0 Å². The van der Waals surface area contributed by atoms with Crippen molar-refractivity contribution in [2.45, 2.75) is 0 Å². The molecular weight excluding hydrogens is 282 g/mol. The molecule has 0 saturated heterocycles. The first-order valence-electron chi connectivity index (χ1n) is 5.73. The number of aromatic carboxylic acids is 1. The van der Waals surface area contributed by atoms with Gasteiger partial charge in [0.1, 0.15) is 29.2 Å². The standard InChI is InChI=1S/C13H6F2N4O2/c14-6-1-2-7(8(15)3-6)10-11-12(18-5-17-10)19-9(4-16-11)13(20)21/h1-5H,(H,20,21). The van der Waals surface area contributed by atoms with E-state index in [1.54, 1.807) is 0 Å². The molecule has 2 aromatic heterocycles. The van der Waals surface area contributed by atoms with Gasteiger partial charge in [-0.3, -0.25) is 0 Å². The molecule has 104 valence electrons. The van der Waals surface area contributed by atoms with E-state index in [9.17, 15) is 13.6 Å². The van der Waals surface area contributed by atoms with Gasteiger partial charge in [-0.15, -0.1) is 0 Å². The molecule has 0 spiro atoms. The van der Waals surface area contributed by atoms with Crippen molar-refractivity contribution in [3.05, 3.63) is 48.1 Å². The summed E-state index contributed by atoms with van der Waals surface area (Å²) in [6.07, 6.45) is 2.14. The summed E-state index contributed by atoms with van der Waals surface area (Å²) in [6.45, 7) is 0. The zero-order chi connectivity index (χ0) is 15.0. The Morgan fingerprint density at radius 1 is 1.14 bits per heavy atom. The second-order valence-corrected chi connectivity index (χ2v) is 4.08. The third-order valence-corrected chi connectivity index (χ3v) is 2.75. The quantitative estimate of drug-likeness (QED) is 0.776. The minimum absolute atomic E-state index is 0.0172. The molecule has 3 aromatic rings. The van der Waals surface area contributed by atoms with Crippen molar-refractivity contribution >= 4 is 17.1 Å². The SMILES string of the molecule is O=C(O)c1cnc2c(-c3ccc(F)cc3F)ncnc2n1. The largest absolute Gasteiger partial charge is 0.476 e. The molecule has 0 saturated carbocycles. The highest BCUT2D eigenvalue weighted by atomic mass is 19.1. The summed E-state index contributed by atoms with van der Waals surface area (Å²) >= 11 is 0. The molecule has 0 aliphatic rings. The van der Waals surface area contributed by atoms with Crippen LogP contribution in [0.3, 0.4) is 0 Å². The van der Waals surface area contributed by atoms with Crippen LogP contribution in [0.15, 0.2) is 30.7 Å². The van der Waals surface area contributed by atoms with Crippen molar-refractivity contribution in [2.24, 2.45) is 0 Å². The third-order valence-electron chi connectivity index (χ3n) is 2.75. The summed E-state index contributed by atoms with van der Waals surface area (Å²) in [7, 11) is 0. The molecule has 0 amide bonds. The average Bonchev–Trinajstić information content (AvgIpc) is 2.46. The lowest BCUT2D eigenvalue weighted by Crippen LogP contribution is -2.04. The maximum atomic E-state index is 13.8. The average molecular weight is 288 g/mol. The number of hydrogen-bond donors (Lipinski definition) is 1. The molecule has 0 unspecified atom stereocenters. The van der Waals surface area contributed by atoms with Crippen LogP contribution < -0.4 is 0 Å². The molecule has 1 N–H and O–H groups in total. The topological polar surface area (TPSA) is 88.9 Å². The van der Waals surface area contributed by atoms with Crippen LogP contribution in [-0.4, -0.2) is 31.0 Å². The smallest absolute Gasteiger partial charge is 0.356 e. The van der Waals surface area contributed by atoms with E-state index in [4.69, 9.17) is 5.11 Å². The maximum Gasteiger partial charge on any atom is 0.356 e. The molecule has 0 bridgehead atoms. The molecule has 21 heavy (non-hydrogen) atoms. The number of rotatable bonds is 2. The molecule has 1 aromatic carbocycles. The molecule has 2 heterocycles. The Morgan fingerprint density at radius 2 is 1.95 bits per heavy atom. The lowest BCUT2D eigenvalue weighted by molar-refractivity contribution is 0.0690. The second kappa shape index (κ2) is 4.82. The van der Waals surface area contributed by atoms with Crippen LogP contribution in [0, 0.1) is 11.6 Å². The van der Waals surface area contributed by atoms with E-state index in [1.165, 1.54) is 6.07 Å². The molecule has 0 aliphatic carbocycles. The number of carboxylic acid groups (broad SMARTS) is 1. The Morgan fingerprint density at radius 3 is 2.67 bits per heavy atom. The molecule has 0 fully saturated rings. The third kappa shape index (κ3) is 2.27. The second-order valence-electron chi connectivity index (χ2n) is 4.08. The van der Waals surface area contributed by atoms with Crippen LogP contribution in [0.2, 0.25) is 0 Å². The first-order valence-corrected chi connectivity index (χ1v) is 5.73. The summed E-state index contributed by atoms with van der Waals surface area (Å²) < 4.78 is 26.8. The Labute approximate surface area is 116 Å². The van der Waals surface area contributed by atoms with Gasteiger partial charge in [-0.2, -0.15) is 0 Å². The van der Waals surface area contributed by atoms with Crippen LogP contribution >= 0.6 is 0 Å². The minimum atomic E-state index is -1.25. The Balaban J connectivity index is 2.26. The number of hydrogen-bond acceptors (Lipinski definition) is 5. The number of halogens is 2. The summed E-state index contributed by atoms with van der Waals surface area (Å²) in [5, 5.41) is 8.86. The fraction of sp³-hybridized carbons (Fsp3) is 0. The van der Waals surface area contributed by atoms with E-state index < -0.39 is 17.6 Å². The predicted octanol–water partition coefficient (Wildman–Crippen LogP) is 2.06. The molecule has 3 rings (SSSR count). The minimum Gasteiger partial charge on any atom is -0.476 e. The molecule has 6 nitrogen and oxygen atoms in total. The van der Waals surface area contributed by atoms with E-state index in [2.05, 4.69) is 19.9 Å². The zero-order valence-electron chi connectivity index (χ0n) is 10.3. The van der Waals surface area contributed by atoms with E-state index in [0.717, 1.165) is 24.7 Å². The fourth-order valence-electron chi connectivity index (χ4n) is 1.82. The number of fused-ring (bicyclic) bond motifs is 1. The van der Waals surface area contributed by atoms with Crippen LogP contribution in [0.4, 0.5) is 8.78 Å². The van der Waals surface area contributed by atoms with Gasteiger partial charge in [-0.1, -0.05) is 0 Å². The Kier molecular flexibility index (Phi) is 2.98. The summed E-state index contributed by atoms with van der Waals surface area (Å²) in [5.41, 5.74) is 0.00600. The monoisotopic (exact) mass is 288 g/mol. The lowest BCUT2D eigenvalue weighted by atomic mass is 10.1. The Bertz CT molecular complexity index is 870. The molecule has 0 radical (unpaired) electrons.